The minimum atomic E-state index is -0.827. The van der Waals surface area contributed by atoms with Crippen molar-refractivity contribution in [3.8, 4) is 5.75 Å². The molecule has 25 heavy (non-hydrogen) atoms. The number of hydrogen-bond acceptors (Lipinski definition) is 7. The summed E-state index contributed by atoms with van der Waals surface area (Å²) in [4.78, 5) is 28.3. The van der Waals surface area contributed by atoms with Crippen molar-refractivity contribution >= 4 is 29.1 Å². The zero-order valence-corrected chi connectivity index (χ0v) is 14.7. The molecule has 128 valence electrons. The fourth-order valence-corrected chi connectivity index (χ4v) is 3.63. The Kier molecular flexibility index (Phi) is 5.30. The average molecular weight is 377 g/mol. The Balaban J connectivity index is 1.67. The maximum absolute atomic E-state index is 13.1. The van der Waals surface area contributed by atoms with Crippen molar-refractivity contribution in [1.82, 2.24) is 4.98 Å². The highest BCUT2D eigenvalue weighted by atomic mass is 32.2. The summed E-state index contributed by atoms with van der Waals surface area (Å²) in [6, 6.07) is 6.29. The van der Waals surface area contributed by atoms with Gasteiger partial charge in [0.05, 0.1) is 11.3 Å². The van der Waals surface area contributed by atoms with Crippen molar-refractivity contribution in [2.45, 2.75) is 17.0 Å². The first-order valence-corrected chi connectivity index (χ1v) is 9.02. The van der Waals surface area contributed by atoms with E-state index in [1.165, 1.54) is 47.4 Å². The number of aromatic nitrogens is 1. The van der Waals surface area contributed by atoms with Crippen molar-refractivity contribution in [2.24, 2.45) is 0 Å². The quantitative estimate of drug-likeness (QED) is 0.493. The van der Waals surface area contributed by atoms with Crippen LogP contribution < -0.4 is 10.2 Å². The fraction of sp³-hybridized carbons (Fsp3) is 0.118. The SMILES string of the molecule is Cc1csc(SCc2cc(=O)c(OC(=O)c3cccc(F)c3)co2)n1. The first kappa shape index (κ1) is 17.4. The molecule has 3 rings (SSSR count). The molecule has 1 aromatic carbocycles. The normalized spacial score (nSPS) is 10.6. The third kappa shape index (κ3) is 4.55. The first-order chi connectivity index (χ1) is 12.0. The van der Waals surface area contributed by atoms with E-state index in [9.17, 15) is 14.0 Å². The zero-order valence-electron chi connectivity index (χ0n) is 13.0. The van der Waals surface area contributed by atoms with E-state index in [-0.39, 0.29) is 11.3 Å². The second-order valence-electron chi connectivity index (χ2n) is 5.02. The van der Waals surface area contributed by atoms with E-state index in [2.05, 4.69) is 4.98 Å². The van der Waals surface area contributed by atoms with Crippen molar-refractivity contribution < 1.29 is 18.3 Å². The van der Waals surface area contributed by atoms with Crippen LogP contribution in [0.4, 0.5) is 4.39 Å². The van der Waals surface area contributed by atoms with Crippen LogP contribution in [0.25, 0.3) is 0 Å². The van der Waals surface area contributed by atoms with Gasteiger partial charge in [-0.3, -0.25) is 4.79 Å². The Bertz CT molecular complexity index is 967. The van der Waals surface area contributed by atoms with Crippen LogP contribution in [0.15, 0.2) is 55.5 Å². The molecule has 0 fully saturated rings. The predicted molar refractivity (Wildman–Crippen MR) is 92.7 cm³/mol. The number of thioether (sulfide) groups is 1. The topological polar surface area (TPSA) is 69.4 Å². The lowest BCUT2D eigenvalue weighted by atomic mass is 10.2. The molecule has 0 amide bonds. The van der Waals surface area contributed by atoms with Crippen LogP contribution in [-0.4, -0.2) is 11.0 Å². The van der Waals surface area contributed by atoms with Gasteiger partial charge in [0.1, 0.15) is 17.8 Å². The number of carbonyl (C=O) groups excluding carboxylic acids is 1. The molecule has 0 atom stereocenters. The summed E-state index contributed by atoms with van der Waals surface area (Å²) >= 11 is 2.96. The number of esters is 1. The molecule has 2 heterocycles. The van der Waals surface area contributed by atoms with Crippen molar-refractivity contribution in [2.75, 3.05) is 0 Å². The van der Waals surface area contributed by atoms with Crippen LogP contribution in [0.5, 0.6) is 5.75 Å². The Morgan fingerprint density at radius 2 is 2.24 bits per heavy atom. The number of halogens is 1. The Morgan fingerprint density at radius 3 is 2.92 bits per heavy atom. The molecule has 5 nitrogen and oxygen atoms in total. The molecule has 0 aliphatic heterocycles. The minimum Gasteiger partial charge on any atom is -0.464 e. The second-order valence-corrected chi connectivity index (χ2v) is 7.10. The maximum Gasteiger partial charge on any atom is 0.343 e. The molecule has 8 heteroatoms. The highest BCUT2D eigenvalue weighted by Gasteiger charge is 2.13. The van der Waals surface area contributed by atoms with E-state index < -0.39 is 17.2 Å². The summed E-state index contributed by atoms with van der Waals surface area (Å²) < 4.78 is 24.3. The molecule has 0 unspecified atom stereocenters. The molecule has 0 saturated carbocycles. The van der Waals surface area contributed by atoms with E-state index in [0.29, 0.717) is 11.5 Å². The van der Waals surface area contributed by atoms with Crippen molar-refractivity contribution in [3.05, 3.63) is 75.0 Å². The van der Waals surface area contributed by atoms with Crippen molar-refractivity contribution in [3.63, 3.8) is 0 Å². The lowest BCUT2D eigenvalue weighted by molar-refractivity contribution is 0.0728. The van der Waals surface area contributed by atoms with Crippen LogP contribution >= 0.6 is 23.1 Å². The third-order valence-electron chi connectivity index (χ3n) is 3.05. The molecule has 0 aliphatic carbocycles. The van der Waals surface area contributed by atoms with Gasteiger partial charge in [0, 0.05) is 17.1 Å². The third-order valence-corrected chi connectivity index (χ3v) is 5.21. The summed E-state index contributed by atoms with van der Waals surface area (Å²) in [5.41, 5.74) is 0.466. The highest BCUT2D eigenvalue weighted by molar-refractivity contribution is 8.00. The van der Waals surface area contributed by atoms with Crippen LogP contribution in [0, 0.1) is 12.7 Å². The van der Waals surface area contributed by atoms with E-state index in [0.717, 1.165) is 22.4 Å². The summed E-state index contributed by atoms with van der Waals surface area (Å²) in [7, 11) is 0. The fourth-order valence-electron chi connectivity index (χ4n) is 1.89. The molecule has 0 aliphatic rings. The summed E-state index contributed by atoms with van der Waals surface area (Å²) in [6.07, 6.45) is 1.09. The smallest absolute Gasteiger partial charge is 0.343 e. The molecule has 0 spiro atoms. The lowest BCUT2D eigenvalue weighted by Crippen LogP contribution is -2.14. The number of hydrogen-bond donors (Lipinski definition) is 0. The number of ether oxygens (including phenoxy) is 1. The number of aryl methyl sites for hydroxylation is 1. The molecule has 3 aromatic rings. The Hall–Kier alpha value is -2.45. The number of benzene rings is 1. The van der Waals surface area contributed by atoms with E-state index >= 15 is 0 Å². The van der Waals surface area contributed by atoms with E-state index in [1.54, 1.807) is 0 Å². The number of thiazole rings is 1. The van der Waals surface area contributed by atoms with E-state index in [1.807, 2.05) is 12.3 Å². The molecule has 0 bridgehead atoms. The largest absolute Gasteiger partial charge is 0.464 e. The molecular formula is C17H12FNO4S2. The number of carbonyl (C=O) groups is 1. The first-order valence-electron chi connectivity index (χ1n) is 7.15. The average Bonchev–Trinajstić information content (AvgIpc) is 3.00. The second kappa shape index (κ2) is 7.62. The standard InChI is InChI=1S/C17H12FNO4S2/c1-10-8-24-17(19-10)25-9-13-6-14(20)15(7-22-13)23-16(21)11-3-2-4-12(18)5-11/h2-8H,9H2,1H3. The van der Waals surface area contributed by atoms with Gasteiger partial charge < -0.3 is 9.15 Å². The number of rotatable bonds is 5. The predicted octanol–water partition coefficient (Wildman–Crippen LogP) is 4.06. The summed E-state index contributed by atoms with van der Waals surface area (Å²) in [6.45, 7) is 1.91. The van der Waals surface area contributed by atoms with Crippen LogP contribution in [0.3, 0.4) is 0 Å². The minimum absolute atomic E-state index is 0.0122. The molecule has 2 aromatic heterocycles. The van der Waals surface area contributed by atoms with Gasteiger partial charge in [-0.25, -0.2) is 14.2 Å². The molecule has 0 radical (unpaired) electrons. The highest BCUT2D eigenvalue weighted by Crippen LogP contribution is 2.26. The molecular weight excluding hydrogens is 365 g/mol. The maximum atomic E-state index is 13.1. The van der Waals surface area contributed by atoms with Gasteiger partial charge in [-0.2, -0.15) is 0 Å². The van der Waals surface area contributed by atoms with Gasteiger partial charge in [-0.05, 0) is 25.1 Å². The molecule has 0 N–H and O–H groups in total. The van der Waals surface area contributed by atoms with Crippen LogP contribution in [0.1, 0.15) is 21.8 Å². The van der Waals surface area contributed by atoms with Gasteiger partial charge >= 0.3 is 5.97 Å². The van der Waals surface area contributed by atoms with Gasteiger partial charge in [0.25, 0.3) is 0 Å². The summed E-state index contributed by atoms with van der Waals surface area (Å²) in [5, 5.41) is 1.94. The summed E-state index contributed by atoms with van der Waals surface area (Å²) in [5.74, 6) is -0.764. The monoisotopic (exact) mass is 377 g/mol. The molecule has 0 saturated heterocycles. The Labute approximate surface area is 150 Å². The van der Waals surface area contributed by atoms with E-state index in [4.69, 9.17) is 9.15 Å². The van der Waals surface area contributed by atoms with Gasteiger partial charge in [0.15, 0.2) is 4.34 Å². The van der Waals surface area contributed by atoms with Crippen LogP contribution in [-0.2, 0) is 5.75 Å². The van der Waals surface area contributed by atoms with Crippen LogP contribution in [0.2, 0.25) is 0 Å². The number of nitrogens with zero attached hydrogens (tertiary/aromatic N) is 1. The van der Waals surface area contributed by atoms with Gasteiger partial charge in [-0.15, -0.1) is 11.3 Å². The van der Waals surface area contributed by atoms with Crippen molar-refractivity contribution in [1.29, 1.82) is 0 Å². The lowest BCUT2D eigenvalue weighted by Gasteiger charge is -2.04. The van der Waals surface area contributed by atoms with Gasteiger partial charge in [-0.1, -0.05) is 17.8 Å². The zero-order chi connectivity index (χ0) is 17.8. The Morgan fingerprint density at radius 1 is 1.40 bits per heavy atom. The van der Waals surface area contributed by atoms with Gasteiger partial charge in [0.2, 0.25) is 11.2 Å².